The van der Waals surface area contributed by atoms with E-state index in [0.29, 0.717) is 6.04 Å². The zero-order chi connectivity index (χ0) is 9.97. The van der Waals surface area contributed by atoms with Crippen molar-refractivity contribution in [2.24, 2.45) is 0 Å². The summed E-state index contributed by atoms with van der Waals surface area (Å²) < 4.78 is 1.08. The van der Waals surface area contributed by atoms with Crippen LogP contribution in [0.4, 0.5) is 0 Å². The number of aliphatic hydroxyl groups excluding tert-OH is 1. The minimum Gasteiger partial charge on any atom is -0.391 e. The van der Waals surface area contributed by atoms with Crippen molar-refractivity contribution in [3.05, 3.63) is 34.3 Å². The zero-order valence-corrected chi connectivity index (χ0v) is 9.50. The van der Waals surface area contributed by atoms with E-state index in [1.807, 2.05) is 24.3 Å². The largest absolute Gasteiger partial charge is 0.391 e. The molecule has 14 heavy (non-hydrogen) atoms. The normalized spacial score (nSPS) is 22.9. The molecule has 0 bridgehead atoms. The summed E-state index contributed by atoms with van der Waals surface area (Å²) in [5.41, 5.74) is 1.19. The summed E-state index contributed by atoms with van der Waals surface area (Å²) in [6, 6.07) is 8.42. The molecule has 0 radical (unpaired) electrons. The average Bonchev–Trinajstić information content (AvgIpc) is 2.06. The second-order valence-corrected chi connectivity index (χ2v) is 4.66. The molecule has 2 nitrogen and oxygen atoms in total. The second-order valence-electron chi connectivity index (χ2n) is 3.75. The number of benzene rings is 1. The standard InChI is InChI=1S/C11H14BrNO/c12-9-3-1-8(2-4-9)7-11(14)10-5-6-13-10/h1-4,10-11,13-14H,5-7H2. The van der Waals surface area contributed by atoms with Gasteiger partial charge in [-0.25, -0.2) is 0 Å². The quantitative estimate of drug-likeness (QED) is 0.863. The molecule has 0 amide bonds. The Morgan fingerprint density at radius 2 is 2.07 bits per heavy atom. The topological polar surface area (TPSA) is 32.3 Å². The van der Waals surface area contributed by atoms with E-state index in [1.54, 1.807) is 0 Å². The van der Waals surface area contributed by atoms with Crippen molar-refractivity contribution < 1.29 is 5.11 Å². The molecule has 1 saturated heterocycles. The molecule has 1 fully saturated rings. The fraction of sp³-hybridized carbons (Fsp3) is 0.455. The molecule has 1 aromatic rings. The molecule has 1 heterocycles. The van der Waals surface area contributed by atoms with Crippen LogP contribution in [0.2, 0.25) is 0 Å². The third kappa shape index (κ3) is 2.35. The molecule has 76 valence electrons. The van der Waals surface area contributed by atoms with Gasteiger partial charge in [-0.3, -0.25) is 0 Å². The highest BCUT2D eigenvalue weighted by molar-refractivity contribution is 9.10. The highest BCUT2D eigenvalue weighted by Gasteiger charge is 2.24. The maximum atomic E-state index is 9.82. The van der Waals surface area contributed by atoms with Crippen LogP contribution in [0, 0.1) is 0 Å². The Balaban J connectivity index is 1.92. The van der Waals surface area contributed by atoms with Crippen LogP contribution in [-0.2, 0) is 6.42 Å². The summed E-state index contributed by atoms with van der Waals surface area (Å²) in [4.78, 5) is 0. The molecule has 0 spiro atoms. The number of nitrogens with one attached hydrogen (secondary N) is 1. The Bertz CT molecular complexity index is 295. The van der Waals surface area contributed by atoms with Crippen LogP contribution < -0.4 is 5.32 Å². The first-order valence-corrected chi connectivity index (χ1v) is 5.71. The first kappa shape index (κ1) is 10.1. The Morgan fingerprint density at radius 1 is 1.43 bits per heavy atom. The molecular weight excluding hydrogens is 242 g/mol. The summed E-state index contributed by atoms with van der Waals surface area (Å²) in [6.07, 6.45) is 1.59. The predicted molar refractivity (Wildman–Crippen MR) is 60.3 cm³/mol. The van der Waals surface area contributed by atoms with Crippen molar-refractivity contribution in [3.8, 4) is 0 Å². The van der Waals surface area contributed by atoms with E-state index in [0.717, 1.165) is 23.9 Å². The second kappa shape index (κ2) is 4.43. The van der Waals surface area contributed by atoms with Crippen molar-refractivity contribution in [2.45, 2.75) is 25.0 Å². The van der Waals surface area contributed by atoms with Crippen molar-refractivity contribution >= 4 is 15.9 Å². The van der Waals surface area contributed by atoms with Crippen LogP contribution in [-0.4, -0.2) is 23.8 Å². The minimum absolute atomic E-state index is 0.245. The van der Waals surface area contributed by atoms with Gasteiger partial charge in [-0.1, -0.05) is 28.1 Å². The Morgan fingerprint density at radius 3 is 2.57 bits per heavy atom. The van der Waals surface area contributed by atoms with Gasteiger partial charge in [-0.15, -0.1) is 0 Å². The highest BCUT2D eigenvalue weighted by Crippen LogP contribution is 2.15. The maximum Gasteiger partial charge on any atom is 0.0733 e. The van der Waals surface area contributed by atoms with Crippen LogP contribution >= 0.6 is 15.9 Å². The molecule has 0 aliphatic carbocycles. The highest BCUT2D eigenvalue weighted by atomic mass is 79.9. The first-order chi connectivity index (χ1) is 6.75. The van der Waals surface area contributed by atoms with Gasteiger partial charge in [0.15, 0.2) is 0 Å². The van der Waals surface area contributed by atoms with Gasteiger partial charge in [0.1, 0.15) is 0 Å². The fourth-order valence-electron chi connectivity index (χ4n) is 1.64. The van der Waals surface area contributed by atoms with Gasteiger partial charge < -0.3 is 10.4 Å². The summed E-state index contributed by atoms with van der Waals surface area (Å²) in [5, 5.41) is 13.0. The van der Waals surface area contributed by atoms with Crippen LogP contribution in [0.15, 0.2) is 28.7 Å². The monoisotopic (exact) mass is 255 g/mol. The van der Waals surface area contributed by atoms with E-state index in [2.05, 4.69) is 21.2 Å². The summed E-state index contributed by atoms with van der Waals surface area (Å²) in [6.45, 7) is 1.04. The van der Waals surface area contributed by atoms with E-state index in [4.69, 9.17) is 0 Å². The van der Waals surface area contributed by atoms with E-state index in [9.17, 15) is 5.11 Å². The molecule has 3 heteroatoms. The van der Waals surface area contributed by atoms with Gasteiger partial charge in [0.2, 0.25) is 0 Å². The lowest BCUT2D eigenvalue weighted by molar-refractivity contribution is 0.0956. The van der Waals surface area contributed by atoms with E-state index < -0.39 is 0 Å². The molecule has 2 rings (SSSR count). The Kier molecular flexibility index (Phi) is 3.21. The van der Waals surface area contributed by atoms with Crippen molar-refractivity contribution in [2.75, 3.05) is 6.54 Å². The average molecular weight is 256 g/mol. The van der Waals surface area contributed by atoms with Crippen LogP contribution in [0.1, 0.15) is 12.0 Å². The number of hydrogen-bond donors (Lipinski definition) is 2. The lowest BCUT2D eigenvalue weighted by Crippen LogP contribution is -2.51. The lowest BCUT2D eigenvalue weighted by Gasteiger charge is -2.32. The molecule has 2 N–H and O–H groups in total. The van der Waals surface area contributed by atoms with E-state index >= 15 is 0 Å². The minimum atomic E-state index is -0.245. The van der Waals surface area contributed by atoms with Crippen LogP contribution in [0.25, 0.3) is 0 Å². The Labute approximate surface area is 92.5 Å². The molecular formula is C11H14BrNO. The smallest absolute Gasteiger partial charge is 0.0733 e. The van der Waals surface area contributed by atoms with Gasteiger partial charge in [-0.05, 0) is 37.1 Å². The molecule has 2 unspecified atom stereocenters. The fourth-order valence-corrected chi connectivity index (χ4v) is 1.91. The summed E-state index contributed by atoms with van der Waals surface area (Å²) in [5.74, 6) is 0. The molecule has 1 aliphatic heterocycles. The molecule has 1 aromatic carbocycles. The Hall–Kier alpha value is -0.380. The van der Waals surface area contributed by atoms with Crippen molar-refractivity contribution in [1.29, 1.82) is 0 Å². The van der Waals surface area contributed by atoms with Crippen LogP contribution in [0.3, 0.4) is 0 Å². The third-order valence-electron chi connectivity index (χ3n) is 2.68. The van der Waals surface area contributed by atoms with Gasteiger partial charge >= 0.3 is 0 Å². The van der Waals surface area contributed by atoms with E-state index in [1.165, 1.54) is 5.56 Å². The number of halogens is 1. The van der Waals surface area contributed by atoms with Gasteiger partial charge in [0.05, 0.1) is 6.10 Å². The number of hydrogen-bond acceptors (Lipinski definition) is 2. The molecule has 0 saturated carbocycles. The van der Waals surface area contributed by atoms with Gasteiger partial charge in [-0.2, -0.15) is 0 Å². The van der Waals surface area contributed by atoms with Crippen molar-refractivity contribution in [1.82, 2.24) is 5.32 Å². The van der Waals surface area contributed by atoms with Crippen molar-refractivity contribution in [3.63, 3.8) is 0 Å². The lowest BCUT2D eigenvalue weighted by atomic mass is 9.95. The number of rotatable bonds is 3. The SMILES string of the molecule is OC(Cc1ccc(Br)cc1)C1CCN1. The zero-order valence-electron chi connectivity index (χ0n) is 7.91. The predicted octanol–water partition coefficient (Wildman–Crippen LogP) is 1.71. The van der Waals surface area contributed by atoms with E-state index in [-0.39, 0.29) is 6.10 Å². The van der Waals surface area contributed by atoms with Gasteiger partial charge in [0, 0.05) is 10.5 Å². The third-order valence-corrected chi connectivity index (χ3v) is 3.21. The molecule has 0 aromatic heterocycles. The number of aliphatic hydroxyl groups is 1. The molecule has 2 atom stereocenters. The van der Waals surface area contributed by atoms with Crippen LogP contribution in [0.5, 0.6) is 0 Å². The summed E-state index contributed by atoms with van der Waals surface area (Å²) >= 11 is 3.39. The first-order valence-electron chi connectivity index (χ1n) is 4.91. The maximum absolute atomic E-state index is 9.82. The summed E-state index contributed by atoms with van der Waals surface area (Å²) in [7, 11) is 0. The molecule has 1 aliphatic rings. The van der Waals surface area contributed by atoms with Gasteiger partial charge in [0.25, 0.3) is 0 Å².